The fraction of sp³-hybridized carbons (Fsp3) is 0.424. The normalized spacial score (nSPS) is 11.7. The minimum atomic E-state index is -0.930. The standard InChI is InChI=1S/C33H42N4O4/c1-23-11-12-27(32-24(2)35-41-25(32)3)21-30(23)37(19-10-8-7-9-17-33(5,6)40-22-31(38)39)29-15-13-28(14-16-29)36-20-18-34-26(36)4/h11-16,18,20-21H,7-10,17,19,22H2,1-6H3,(H,38,39). The highest BCUT2D eigenvalue weighted by Gasteiger charge is 2.20. The lowest BCUT2D eigenvalue weighted by atomic mass is 9.99. The third-order valence-corrected chi connectivity index (χ3v) is 7.58. The van der Waals surface area contributed by atoms with Gasteiger partial charge in [0.25, 0.3) is 0 Å². The van der Waals surface area contributed by atoms with Crippen LogP contribution in [0.4, 0.5) is 11.4 Å². The Morgan fingerprint density at radius 1 is 1.02 bits per heavy atom. The quantitative estimate of drug-likeness (QED) is 0.158. The van der Waals surface area contributed by atoms with Crippen molar-refractivity contribution in [2.45, 2.75) is 79.2 Å². The lowest BCUT2D eigenvalue weighted by Gasteiger charge is -2.28. The summed E-state index contributed by atoms with van der Waals surface area (Å²) in [6, 6.07) is 15.2. The maximum atomic E-state index is 10.9. The first-order valence-corrected chi connectivity index (χ1v) is 14.3. The van der Waals surface area contributed by atoms with Crippen LogP contribution >= 0.6 is 0 Å². The van der Waals surface area contributed by atoms with Crippen LogP contribution in [0.5, 0.6) is 0 Å². The number of aromatic nitrogens is 3. The van der Waals surface area contributed by atoms with Crippen LogP contribution in [0.3, 0.4) is 0 Å². The molecule has 0 fully saturated rings. The second kappa shape index (κ2) is 13.2. The number of carboxylic acids is 1. The Bertz CT molecular complexity index is 1430. The molecule has 0 bridgehead atoms. The molecular formula is C33H42N4O4. The van der Waals surface area contributed by atoms with E-state index in [2.05, 4.69) is 69.0 Å². The van der Waals surface area contributed by atoms with Gasteiger partial charge >= 0.3 is 5.97 Å². The molecule has 0 atom stereocenters. The second-order valence-corrected chi connectivity index (χ2v) is 11.3. The zero-order valence-corrected chi connectivity index (χ0v) is 25.1. The maximum absolute atomic E-state index is 10.9. The van der Waals surface area contributed by atoms with E-state index in [9.17, 15) is 4.79 Å². The molecule has 0 spiro atoms. The monoisotopic (exact) mass is 558 g/mol. The van der Waals surface area contributed by atoms with E-state index in [1.807, 2.05) is 47.0 Å². The molecule has 1 N–H and O–H groups in total. The predicted octanol–water partition coefficient (Wildman–Crippen LogP) is 7.73. The molecule has 8 heteroatoms. The molecule has 2 aromatic carbocycles. The number of hydrogen-bond acceptors (Lipinski definition) is 6. The summed E-state index contributed by atoms with van der Waals surface area (Å²) in [6.07, 6.45) is 8.77. The zero-order chi connectivity index (χ0) is 29.6. The first-order chi connectivity index (χ1) is 19.6. The van der Waals surface area contributed by atoms with Gasteiger partial charge in [0.1, 0.15) is 18.2 Å². The summed E-state index contributed by atoms with van der Waals surface area (Å²) in [4.78, 5) is 17.6. The van der Waals surface area contributed by atoms with Gasteiger partial charge in [-0.1, -0.05) is 36.6 Å². The fourth-order valence-corrected chi connectivity index (χ4v) is 5.29. The van der Waals surface area contributed by atoms with Crippen molar-refractivity contribution in [3.8, 4) is 16.8 Å². The van der Waals surface area contributed by atoms with E-state index in [-0.39, 0.29) is 6.61 Å². The van der Waals surface area contributed by atoms with Gasteiger partial charge in [0.2, 0.25) is 0 Å². The molecule has 0 unspecified atom stereocenters. The van der Waals surface area contributed by atoms with E-state index in [0.29, 0.717) is 0 Å². The van der Waals surface area contributed by atoms with E-state index in [4.69, 9.17) is 14.4 Å². The Morgan fingerprint density at radius 2 is 1.76 bits per heavy atom. The summed E-state index contributed by atoms with van der Waals surface area (Å²) in [5.74, 6) is 0.841. The van der Waals surface area contributed by atoms with Crippen LogP contribution in [-0.2, 0) is 9.53 Å². The van der Waals surface area contributed by atoms with Gasteiger partial charge in [0, 0.05) is 41.6 Å². The van der Waals surface area contributed by atoms with E-state index in [1.54, 1.807) is 0 Å². The Hall–Kier alpha value is -3.91. The van der Waals surface area contributed by atoms with Gasteiger partial charge in [0.05, 0.1) is 11.3 Å². The van der Waals surface area contributed by atoms with Crippen molar-refractivity contribution in [2.75, 3.05) is 18.1 Å². The van der Waals surface area contributed by atoms with E-state index in [1.165, 1.54) is 5.56 Å². The lowest BCUT2D eigenvalue weighted by Crippen LogP contribution is -2.27. The molecule has 8 nitrogen and oxygen atoms in total. The number of aryl methyl sites for hydroxylation is 4. The summed E-state index contributed by atoms with van der Waals surface area (Å²) in [5, 5.41) is 13.1. The molecule has 2 aromatic heterocycles. The summed E-state index contributed by atoms with van der Waals surface area (Å²) in [5.41, 5.74) is 7.18. The third kappa shape index (κ3) is 7.64. The summed E-state index contributed by atoms with van der Waals surface area (Å²) in [6.45, 7) is 12.6. The average Bonchev–Trinajstić information content (AvgIpc) is 3.52. The highest BCUT2D eigenvalue weighted by molar-refractivity contribution is 5.76. The topological polar surface area (TPSA) is 93.6 Å². The van der Waals surface area contributed by atoms with Crippen LogP contribution < -0.4 is 4.90 Å². The molecule has 4 rings (SSSR count). The summed E-state index contributed by atoms with van der Waals surface area (Å²) >= 11 is 0. The first-order valence-electron chi connectivity index (χ1n) is 14.3. The van der Waals surface area contributed by atoms with Gasteiger partial charge in [-0.05, 0) is 95.8 Å². The number of imidazole rings is 1. The van der Waals surface area contributed by atoms with Gasteiger partial charge in [-0.3, -0.25) is 0 Å². The van der Waals surface area contributed by atoms with Gasteiger partial charge in [0.15, 0.2) is 0 Å². The number of benzene rings is 2. The molecule has 218 valence electrons. The molecule has 0 saturated heterocycles. The van der Waals surface area contributed by atoms with Crippen molar-refractivity contribution < 1.29 is 19.2 Å². The number of rotatable bonds is 14. The number of nitrogens with zero attached hydrogens (tertiary/aromatic N) is 4. The molecule has 2 heterocycles. The predicted molar refractivity (Wildman–Crippen MR) is 162 cm³/mol. The molecule has 0 aliphatic carbocycles. The second-order valence-electron chi connectivity index (χ2n) is 11.3. The van der Waals surface area contributed by atoms with Crippen LogP contribution in [0, 0.1) is 27.7 Å². The number of unbranched alkanes of at least 4 members (excludes halogenated alkanes) is 3. The van der Waals surface area contributed by atoms with Crippen molar-refractivity contribution in [2.24, 2.45) is 0 Å². The third-order valence-electron chi connectivity index (χ3n) is 7.58. The summed E-state index contributed by atoms with van der Waals surface area (Å²) in [7, 11) is 0. The van der Waals surface area contributed by atoms with Crippen LogP contribution in [0.2, 0.25) is 0 Å². The molecule has 0 radical (unpaired) electrons. The van der Waals surface area contributed by atoms with Crippen LogP contribution in [0.1, 0.15) is 68.8 Å². The lowest BCUT2D eigenvalue weighted by molar-refractivity contribution is -0.148. The van der Waals surface area contributed by atoms with Crippen molar-refractivity contribution in [3.63, 3.8) is 0 Å². The van der Waals surface area contributed by atoms with Crippen molar-refractivity contribution in [1.82, 2.24) is 14.7 Å². The Labute approximate surface area is 243 Å². The van der Waals surface area contributed by atoms with E-state index < -0.39 is 11.6 Å². The Morgan fingerprint density at radius 3 is 2.39 bits per heavy atom. The molecule has 4 aromatic rings. The first kappa shape index (κ1) is 30.1. The van der Waals surface area contributed by atoms with E-state index >= 15 is 0 Å². The number of hydrogen-bond donors (Lipinski definition) is 1. The van der Waals surface area contributed by atoms with Crippen molar-refractivity contribution in [3.05, 3.63) is 77.7 Å². The minimum Gasteiger partial charge on any atom is -0.480 e. The van der Waals surface area contributed by atoms with Gasteiger partial charge in [-0.2, -0.15) is 0 Å². The number of ether oxygens (including phenoxy) is 1. The van der Waals surface area contributed by atoms with E-state index in [0.717, 1.165) is 84.1 Å². The highest BCUT2D eigenvalue weighted by atomic mass is 16.5. The van der Waals surface area contributed by atoms with Crippen LogP contribution in [-0.4, -0.2) is 44.5 Å². The van der Waals surface area contributed by atoms with Crippen LogP contribution in [0.25, 0.3) is 16.8 Å². The van der Waals surface area contributed by atoms with Gasteiger partial charge < -0.3 is 23.8 Å². The molecular weight excluding hydrogens is 516 g/mol. The SMILES string of the molecule is Cc1ccc(-c2c(C)noc2C)cc1N(CCCCCCC(C)(C)OCC(=O)O)c1ccc(-n2ccnc2C)cc1. The molecule has 0 amide bonds. The number of aliphatic carboxylic acids is 1. The molecule has 41 heavy (non-hydrogen) atoms. The molecule has 0 aliphatic heterocycles. The summed E-state index contributed by atoms with van der Waals surface area (Å²) < 4.78 is 13.1. The largest absolute Gasteiger partial charge is 0.480 e. The Balaban J connectivity index is 1.52. The number of carboxylic acid groups (broad SMARTS) is 1. The maximum Gasteiger partial charge on any atom is 0.329 e. The van der Waals surface area contributed by atoms with Gasteiger partial charge in [-0.15, -0.1) is 0 Å². The van der Waals surface area contributed by atoms with Crippen LogP contribution in [0.15, 0.2) is 59.4 Å². The Kier molecular flexibility index (Phi) is 9.65. The molecule has 0 saturated carbocycles. The van der Waals surface area contributed by atoms with Crippen molar-refractivity contribution >= 4 is 17.3 Å². The highest BCUT2D eigenvalue weighted by Crippen LogP contribution is 2.35. The van der Waals surface area contributed by atoms with Gasteiger partial charge in [-0.25, -0.2) is 9.78 Å². The minimum absolute atomic E-state index is 0.256. The smallest absolute Gasteiger partial charge is 0.329 e. The fourth-order valence-electron chi connectivity index (χ4n) is 5.29. The number of carbonyl (C=O) groups is 1. The number of anilines is 2. The average molecular weight is 559 g/mol. The van der Waals surface area contributed by atoms with Crippen molar-refractivity contribution in [1.29, 1.82) is 0 Å². The molecule has 0 aliphatic rings. The zero-order valence-electron chi connectivity index (χ0n) is 25.1.